The highest BCUT2D eigenvalue weighted by molar-refractivity contribution is 7.13. The van der Waals surface area contributed by atoms with Gasteiger partial charge in [0.25, 0.3) is 0 Å². The summed E-state index contributed by atoms with van der Waals surface area (Å²) in [5, 5.41) is 10.1. The SMILES string of the molecule is [3H]c1ccc(OCc2c(OCC)csc2-n2nnn(C)c2=O)c(C)c1. The van der Waals surface area contributed by atoms with E-state index in [1.54, 1.807) is 25.2 Å². The van der Waals surface area contributed by atoms with Crippen molar-refractivity contribution in [2.75, 3.05) is 6.61 Å². The van der Waals surface area contributed by atoms with Crippen molar-refractivity contribution in [2.24, 2.45) is 7.05 Å². The van der Waals surface area contributed by atoms with Gasteiger partial charge in [0.1, 0.15) is 23.1 Å². The van der Waals surface area contributed by atoms with E-state index in [-0.39, 0.29) is 12.3 Å². The first-order valence-electron chi connectivity index (χ1n) is 7.93. The Bertz CT molecular complexity index is 947. The Morgan fingerprint density at radius 1 is 1.29 bits per heavy atom. The minimum atomic E-state index is -0.333. The number of thiophene rings is 1. The molecule has 0 saturated heterocycles. The molecule has 0 amide bonds. The molecule has 0 N–H and O–H groups in total. The normalized spacial score (nSPS) is 11.4. The van der Waals surface area contributed by atoms with Crippen molar-refractivity contribution in [3.05, 3.63) is 51.2 Å². The van der Waals surface area contributed by atoms with Gasteiger partial charge in [0.05, 0.1) is 13.5 Å². The zero-order valence-electron chi connectivity index (χ0n) is 14.6. The van der Waals surface area contributed by atoms with Crippen LogP contribution in [0.5, 0.6) is 11.5 Å². The zero-order chi connectivity index (χ0) is 18.0. The minimum Gasteiger partial charge on any atom is -0.492 e. The summed E-state index contributed by atoms with van der Waals surface area (Å²) < 4.78 is 21.6. The quantitative estimate of drug-likeness (QED) is 0.684. The van der Waals surface area contributed by atoms with E-state index < -0.39 is 0 Å². The molecular formula is C16H18N4O3S. The highest BCUT2D eigenvalue weighted by atomic mass is 32.1. The van der Waals surface area contributed by atoms with Crippen LogP contribution in [0.4, 0.5) is 0 Å². The van der Waals surface area contributed by atoms with E-state index in [2.05, 4.69) is 10.4 Å². The Hall–Kier alpha value is -2.61. The highest BCUT2D eigenvalue weighted by Crippen LogP contribution is 2.33. The molecule has 0 saturated carbocycles. The Morgan fingerprint density at radius 2 is 2.12 bits per heavy atom. The third kappa shape index (κ3) is 3.05. The lowest BCUT2D eigenvalue weighted by Gasteiger charge is -2.11. The molecule has 2 heterocycles. The number of ether oxygens (including phenoxy) is 2. The van der Waals surface area contributed by atoms with Crippen molar-refractivity contribution in [1.82, 2.24) is 19.8 Å². The fraction of sp³-hybridized carbons (Fsp3) is 0.312. The second-order valence-electron chi connectivity index (χ2n) is 5.09. The number of rotatable bonds is 6. The van der Waals surface area contributed by atoms with Gasteiger partial charge in [-0.05, 0) is 35.9 Å². The summed E-state index contributed by atoms with van der Waals surface area (Å²) in [6.45, 7) is 4.51. The summed E-state index contributed by atoms with van der Waals surface area (Å²) in [5.74, 6) is 1.34. The number of hydrogen-bond acceptors (Lipinski definition) is 6. The first-order valence-corrected chi connectivity index (χ1v) is 8.31. The predicted octanol–water partition coefficient (Wildman–Crippen LogP) is 2.31. The molecule has 0 aliphatic carbocycles. The van der Waals surface area contributed by atoms with Gasteiger partial charge in [-0.25, -0.2) is 4.79 Å². The third-order valence-corrected chi connectivity index (χ3v) is 4.41. The lowest BCUT2D eigenvalue weighted by atomic mass is 10.2. The molecule has 8 heteroatoms. The summed E-state index contributed by atoms with van der Waals surface area (Å²) in [4.78, 5) is 12.2. The van der Waals surface area contributed by atoms with Crippen LogP contribution in [-0.2, 0) is 13.7 Å². The smallest absolute Gasteiger partial charge is 0.368 e. The maximum atomic E-state index is 12.2. The molecule has 0 aliphatic rings. The van der Waals surface area contributed by atoms with E-state index in [1.807, 2.05) is 19.2 Å². The third-order valence-electron chi connectivity index (χ3n) is 3.44. The average molecular weight is 348 g/mol. The van der Waals surface area contributed by atoms with Crippen LogP contribution in [0.25, 0.3) is 5.00 Å². The van der Waals surface area contributed by atoms with Crippen LogP contribution in [0, 0.1) is 6.92 Å². The largest absolute Gasteiger partial charge is 0.492 e. The number of nitrogens with zero attached hydrogens (tertiary/aromatic N) is 4. The molecule has 1 aromatic carbocycles. The van der Waals surface area contributed by atoms with Crippen LogP contribution in [0.1, 0.15) is 19.4 Å². The maximum absolute atomic E-state index is 12.2. The molecule has 0 atom stereocenters. The number of aryl methyl sites for hydroxylation is 2. The monoisotopic (exact) mass is 348 g/mol. The van der Waals surface area contributed by atoms with Crippen molar-refractivity contribution >= 4 is 11.3 Å². The Balaban J connectivity index is 1.94. The van der Waals surface area contributed by atoms with E-state index in [0.717, 1.165) is 11.1 Å². The summed E-state index contributed by atoms with van der Waals surface area (Å²) in [5.41, 5.74) is 1.28. The van der Waals surface area contributed by atoms with Crippen LogP contribution in [-0.4, -0.2) is 26.4 Å². The Kier molecular flexibility index (Phi) is 4.28. The molecule has 3 aromatic rings. The van der Waals surface area contributed by atoms with Crippen molar-refractivity contribution in [3.8, 4) is 16.5 Å². The number of hydrogen-bond donors (Lipinski definition) is 0. The van der Waals surface area contributed by atoms with Crippen LogP contribution < -0.4 is 15.2 Å². The summed E-state index contributed by atoms with van der Waals surface area (Å²) in [6, 6.07) is 5.61. The molecule has 0 radical (unpaired) electrons. The molecule has 0 unspecified atom stereocenters. The van der Waals surface area contributed by atoms with Crippen molar-refractivity contribution in [2.45, 2.75) is 20.5 Å². The molecular weight excluding hydrogens is 328 g/mol. The van der Waals surface area contributed by atoms with Gasteiger partial charge in [-0.3, -0.25) is 0 Å². The molecule has 0 bridgehead atoms. The van der Waals surface area contributed by atoms with Gasteiger partial charge >= 0.3 is 5.69 Å². The Labute approximate surface area is 144 Å². The summed E-state index contributed by atoms with van der Waals surface area (Å²) in [7, 11) is 1.55. The first kappa shape index (κ1) is 14.9. The van der Waals surface area contributed by atoms with E-state index in [4.69, 9.17) is 10.8 Å². The molecule has 3 rings (SSSR count). The van der Waals surface area contributed by atoms with E-state index in [9.17, 15) is 4.79 Å². The predicted molar refractivity (Wildman–Crippen MR) is 91.2 cm³/mol. The lowest BCUT2D eigenvalue weighted by molar-refractivity contribution is 0.286. The molecule has 0 spiro atoms. The van der Waals surface area contributed by atoms with Crippen molar-refractivity contribution in [3.63, 3.8) is 0 Å². The number of aromatic nitrogens is 4. The number of tetrazole rings is 1. The van der Waals surface area contributed by atoms with Gasteiger partial charge in [0, 0.05) is 12.4 Å². The van der Waals surface area contributed by atoms with E-state index in [0.29, 0.717) is 29.1 Å². The van der Waals surface area contributed by atoms with Crippen molar-refractivity contribution in [1.29, 1.82) is 0 Å². The summed E-state index contributed by atoms with van der Waals surface area (Å²) >= 11 is 1.35. The van der Waals surface area contributed by atoms with E-state index in [1.165, 1.54) is 20.7 Å². The molecule has 126 valence electrons. The Morgan fingerprint density at radius 3 is 2.79 bits per heavy atom. The summed E-state index contributed by atoms with van der Waals surface area (Å²) in [6.07, 6.45) is 0. The van der Waals surface area contributed by atoms with Gasteiger partial charge in [0.2, 0.25) is 0 Å². The molecule has 24 heavy (non-hydrogen) atoms. The topological polar surface area (TPSA) is 71.2 Å². The lowest BCUT2D eigenvalue weighted by Crippen LogP contribution is -2.22. The second-order valence-corrected chi connectivity index (χ2v) is 5.95. The van der Waals surface area contributed by atoms with E-state index >= 15 is 0 Å². The average Bonchev–Trinajstić information content (AvgIpc) is 3.11. The molecule has 0 fully saturated rings. The standard InChI is InChI=1S/C16H18N4O3S/c1-4-22-14-10-24-15(20-16(21)19(3)17-18-20)12(14)9-23-13-8-6-5-7-11(13)2/h5-8,10H,4,9H2,1-3H3/i5T. The molecule has 7 nitrogen and oxygen atoms in total. The van der Waals surface area contributed by atoms with Crippen LogP contribution in [0.15, 0.2) is 34.4 Å². The van der Waals surface area contributed by atoms with Crippen molar-refractivity contribution < 1.29 is 10.8 Å². The van der Waals surface area contributed by atoms with Gasteiger partial charge in [-0.1, -0.05) is 18.2 Å². The van der Waals surface area contributed by atoms with Gasteiger partial charge in [-0.15, -0.1) is 16.0 Å². The van der Waals surface area contributed by atoms with Crippen LogP contribution in [0.3, 0.4) is 0 Å². The van der Waals surface area contributed by atoms with Gasteiger partial charge in [-0.2, -0.15) is 4.68 Å². The highest BCUT2D eigenvalue weighted by Gasteiger charge is 2.19. The first-order chi connectivity index (χ1) is 12.0. The fourth-order valence-corrected chi connectivity index (χ4v) is 3.14. The van der Waals surface area contributed by atoms with Gasteiger partial charge in [0.15, 0.2) is 0 Å². The van der Waals surface area contributed by atoms with Crippen LogP contribution in [0.2, 0.25) is 0 Å². The molecule has 0 aliphatic heterocycles. The number of benzene rings is 1. The fourth-order valence-electron chi connectivity index (χ4n) is 2.20. The second kappa shape index (κ2) is 6.88. The molecule has 2 aromatic heterocycles. The van der Waals surface area contributed by atoms with Gasteiger partial charge < -0.3 is 9.47 Å². The zero-order valence-corrected chi connectivity index (χ0v) is 14.5. The maximum Gasteiger partial charge on any atom is 0.368 e. The van der Waals surface area contributed by atoms with Crippen LogP contribution >= 0.6 is 11.3 Å². The minimum absolute atomic E-state index is 0.218. The number of para-hydroxylation sites is 1.